The van der Waals surface area contributed by atoms with Crippen molar-refractivity contribution < 1.29 is 4.79 Å². The minimum atomic E-state index is -0.0337. The van der Waals surface area contributed by atoms with Gasteiger partial charge in [-0.3, -0.25) is 14.6 Å². The summed E-state index contributed by atoms with van der Waals surface area (Å²) in [6.45, 7) is 3.82. The van der Waals surface area contributed by atoms with Gasteiger partial charge in [0.15, 0.2) is 5.78 Å². The van der Waals surface area contributed by atoms with Crippen LogP contribution in [0, 0.1) is 0 Å². The Kier molecular flexibility index (Phi) is 3.99. The van der Waals surface area contributed by atoms with Crippen LogP contribution in [0.2, 0.25) is 0 Å². The molecule has 0 saturated carbocycles. The van der Waals surface area contributed by atoms with Crippen molar-refractivity contribution in [3.8, 4) is 0 Å². The SMILES string of the molecule is O=C1C=C[C@H](N2CCc3ccccc3C2)[C@H]1N1CCc2ccccc2C1. The third kappa shape index (κ3) is 2.72. The second-order valence-corrected chi connectivity index (χ2v) is 7.68. The van der Waals surface area contributed by atoms with E-state index in [9.17, 15) is 4.79 Å². The van der Waals surface area contributed by atoms with Gasteiger partial charge in [0.05, 0.1) is 12.1 Å². The zero-order valence-electron chi connectivity index (χ0n) is 15.0. The van der Waals surface area contributed by atoms with Crippen LogP contribution >= 0.6 is 0 Å². The molecule has 26 heavy (non-hydrogen) atoms. The monoisotopic (exact) mass is 344 g/mol. The average Bonchev–Trinajstić information content (AvgIpc) is 3.08. The second kappa shape index (κ2) is 6.49. The molecule has 0 radical (unpaired) electrons. The third-order valence-corrected chi connectivity index (χ3v) is 6.21. The summed E-state index contributed by atoms with van der Waals surface area (Å²) in [5, 5.41) is 0. The van der Waals surface area contributed by atoms with E-state index in [2.05, 4.69) is 64.4 Å². The van der Waals surface area contributed by atoms with Crippen molar-refractivity contribution in [3.63, 3.8) is 0 Å². The first-order chi connectivity index (χ1) is 12.8. The summed E-state index contributed by atoms with van der Waals surface area (Å²) >= 11 is 0. The fraction of sp³-hybridized carbons (Fsp3) is 0.348. The van der Waals surface area contributed by atoms with Gasteiger partial charge in [0.2, 0.25) is 0 Å². The maximum atomic E-state index is 12.7. The van der Waals surface area contributed by atoms with Gasteiger partial charge in [0.1, 0.15) is 0 Å². The quantitative estimate of drug-likeness (QED) is 0.837. The molecule has 0 aromatic heterocycles. The summed E-state index contributed by atoms with van der Waals surface area (Å²) in [6.07, 6.45) is 6.07. The van der Waals surface area contributed by atoms with Gasteiger partial charge in [-0.25, -0.2) is 0 Å². The van der Waals surface area contributed by atoms with Crippen molar-refractivity contribution >= 4 is 5.78 Å². The summed E-state index contributed by atoms with van der Waals surface area (Å²) in [6, 6.07) is 17.5. The molecule has 3 heteroatoms. The van der Waals surface area contributed by atoms with Gasteiger partial charge < -0.3 is 0 Å². The summed E-state index contributed by atoms with van der Waals surface area (Å²) in [5.74, 6) is 0.272. The normalized spacial score (nSPS) is 25.9. The average molecular weight is 344 g/mol. The lowest BCUT2D eigenvalue weighted by Gasteiger charge is -2.41. The number of ketones is 1. The molecule has 2 atom stereocenters. The Bertz CT molecular complexity index is 872. The van der Waals surface area contributed by atoms with Gasteiger partial charge in [-0.05, 0) is 41.2 Å². The first-order valence-corrected chi connectivity index (χ1v) is 9.63. The number of carbonyl (C=O) groups excluding carboxylic acids is 1. The first-order valence-electron chi connectivity index (χ1n) is 9.63. The molecule has 0 amide bonds. The number of nitrogens with zero attached hydrogens (tertiary/aromatic N) is 2. The van der Waals surface area contributed by atoms with Gasteiger partial charge in [-0.2, -0.15) is 0 Å². The van der Waals surface area contributed by atoms with Crippen molar-refractivity contribution in [2.24, 2.45) is 0 Å². The molecule has 1 aliphatic carbocycles. The maximum Gasteiger partial charge on any atom is 0.174 e. The van der Waals surface area contributed by atoms with E-state index in [4.69, 9.17) is 0 Å². The Balaban J connectivity index is 1.38. The molecule has 0 saturated heterocycles. The van der Waals surface area contributed by atoms with Gasteiger partial charge >= 0.3 is 0 Å². The molecule has 0 N–H and O–H groups in total. The summed E-state index contributed by atoms with van der Waals surface area (Å²) < 4.78 is 0. The highest BCUT2D eigenvalue weighted by atomic mass is 16.1. The number of fused-ring (bicyclic) bond motifs is 2. The van der Waals surface area contributed by atoms with Crippen molar-refractivity contribution in [2.45, 2.75) is 38.0 Å². The Hall–Kier alpha value is -2.23. The summed E-state index contributed by atoms with van der Waals surface area (Å²) in [4.78, 5) is 17.6. The fourth-order valence-electron chi connectivity index (χ4n) is 4.81. The van der Waals surface area contributed by atoms with Gasteiger partial charge in [0, 0.05) is 26.2 Å². The molecule has 2 aromatic carbocycles. The molecule has 2 aromatic rings. The second-order valence-electron chi connectivity index (χ2n) is 7.68. The van der Waals surface area contributed by atoms with Crippen LogP contribution in [0.3, 0.4) is 0 Å². The molecule has 3 nitrogen and oxygen atoms in total. The zero-order valence-corrected chi connectivity index (χ0v) is 15.0. The van der Waals surface area contributed by atoms with E-state index in [0.29, 0.717) is 0 Å². The Morgan fingerprint density at radius 1 is 0.731 bits per heavy atom. The van der Waals surface area contributed by atoms with Crippen molar-refractivity contribution in [1.29, 1.82) is 0 Å². The largest absolute Gasteiger partial charge is 0.293 e. The van der Waals surface area contributed by atoms with Crippen LogP contribution in [0.15, 0.2) is 60.7 Å². The molecule has 0 fully saturated rings. The van der Waals surface area contributed by atoms with Crippen molar-refractivity contribution in [1.82, 2.24) is 9.80 Å². The minimum absolute atomic E-state index is 0.0337. The Morgan fingerprint density at radius 2 is 1.27 bits per heavy atom. The van der Waals surface area contributed by atoms with E-state index in [0.717, 1.165) is 39.0 Å². The molecule has 2 aliphatic heterocycles. The summed E-state index contributed by atoms with van der Waals surface area (Å²) in [7, 11) is 0. The lowest BCUT2D eigenvalue weighted by Crippen LogP contribution is -2.54. The van der Waals surface area contributed by atoms with E-state index in [1.807, 2.05) is 6.08 Å². The number of carbonyl (C=O) groups is 1. The highest BCUT2D eigenvalue weighted by molar-refractivity contribution is 5.98. The van der Waals surface area contributed by atoms with Crippen molar-refractivity contribution in [3.05, 3.63) is 82.9 Å². The smallest absolute Gasteiger partial charge is 0.174 e. The van der Waals surface area contributed by atoms with Crippen LogP contribution in [0.25, 0.3) is 0 Å². The number of hydrogen-bond acceptors (Lipinski definition) is 3. The first kappa shape index (κ1) is 16.0. The summed E-state index contributed by atoms with van der Waals surface area (Å²) in [5.41, 5.74) is 5.68. The van der Waals surface area contributed by atoms with Gasteiger partial charge in [-0.15, -0.1) is 0 Å². The Labute approximate surface area is 154 Å². The van der Waals surface area contributed by atoms with Crippen LogP contribution in [0.1, 0.15) is 22.3 Å². The van der Waals surface area contributed by atoms with Crippen LogP contribution in [0.5, 0.6) is 0 Å². The predicted molar refractivity (Wildman–Crippen MR) is 103 cm³/mol. The van der Waals surface area contributed by atoms with Crippen LogP contribution in [-0.2, 0) is 30.7 Å². The molecule has 0 spiro atoms. The zero-order chi connectivity index (χ0) is 17.5. The molecule has 0 unspecified atom stereocenters. The molecule has 5 rings (SSSR count). The predicted octanol–water partition coefficient (Wildman–Crippen LogP) is 2.98. The Morgan fingerprint density at radius 3 is 1.92 bits per heavy atom. The fourth-order valence-corrected chi connectivity index (χ4v) is 4.81. The van der Waals surface area contributed by atoms with E-state index >= 15 is 0 Å². The molecule has 3 aliphatic rings. The maximum absolute atomic E-state index is 12.7. The molecule has 2 heterocycles. The third-order valence-electron chi connectivity index (χ3n) is 6.21. The van der Waals surface area contributed by atoms with Crippen LogP contribution < -0.4 is 0 Å². The lowest BCUT2D eigenvalue weighted by molar-refractivity contribution is -0.120. The lowest BCUT2D eigenvalue weighted by atomic mass is 9.94. The molecule has 132 valence electrons. The van der Waals surface area contributed by atoms with E-state index in [1.165, 1.54) is 22.3 Å². The van der Waals surface area contributed by atoms with E-state index in [1.54, 1.807) is 0 Å². The van der Waals surface area contributed by atoms with Crippen LogP contribution in [-0.4, -0.2) is 40.8 Å². The highest BCUT2D eigenvalue weighted by Crippen LogP contribution is 2.29. The molecule has 0 bridgehead atoms. The van der Waals surface area contributed by atoms with Gasteiger partial charge in [0.25, 0.3) is 0 Å². The number of hydrogen-bond donors (Lipinski definition) is 0. The number of rotatable bonds is 2. The molecular weight excluding hydrogens is 320 g/mol. The topological polar surface area (TPSA) is 23.6 Å². The van der Waals surface area contributed by atoms with E-state index in [-0.39, 0.29) is 17.9 Å². The standard InChI is InChI=1S/C23H24N2O/c26-22-10-9-21(24-13-11-17-5-1-3-7-19(17)15-24)23(22)25-14-12-18-6-2-4-8-20(18)16-25/h1-10,21,23H,11-16H2/t21-,23+/m0/s1. The van der Waals surface area contributed by atoms with E-state index < -0.39 is 0 Å². The number of benzene rings is 2. The van der Waals surface area contributed by atoms with Crippen molar-refractivity contribution in [2.75, 3.05) is 13.1 Å². The minimum Gasteiger partial charge on any atom is -0.293 e. The molecular formula is C23H24N2O. The highest BCUT2D eigenvalue weighted by Gasteiger charge is 2.40. The van der Waals surface area contributed by atoms with Crippen LogP contribution in [0.4, 0.5) is 0 Å². The van der Waals surface area contributed by atoms with Gasteiger partial charge in [-0.1, -0.05) is 54.6 Å².